The molecule has 5 rings (SSSR count). The molecule has 0 radical (unpaired) electrons. The Balaban J connectivity index is 1.57. The molecule has 0 fully saturated rings. The van der Waals surface area contributed by atoms with Crippen molar-refractivity contribution < 1.29 is 18.6 Å². The zero-order valence-corrected chi connectivity index (χ0v) is 16.2. The Morgan fingerprint density at radius 3 is 2.43 bits per heavy atom. The maximum atomic E-state index is 13.3. The van der Waals surface area contributed by atoms with E-state index in [2.05, 4.69) is 20.9 Å². The fraction of sp³-hybridized carbons (Fsp3) is 0.227. The molecule has 8 heteroatoms. The number of nitrogens with one attached hydrogen (secondary N) is 2. The lowest BCUT2D eigenvalue weighted by Crippen LogP contribution is -2.27. The zero-order chi connectivity index (χ0) is 20.7. The highest BCUT2D eigenvalue weighted by Crippen LogP contribution is 2.43. The van der Waals surface area contributed by atoms with E-state index in [1.165, 1.54) is 12.1 Å². The van der Waals surface area contributed by atoms with Crippen molar-refractivity contribution in [3.63, 3.8) is 0 Å². The molecule has 0 amide bonds. The highest BCUT2D eigenvalue weighted by molar-refractivity contribution is 6.00. The van der Waals surface area contributed by atoms with Crippen LogP contribution in [0.1, 0.15) is 35.9 Å². The predicted octanol–water partition coefficient (Wildman–Crippen LogP) is 4.20. The van der Waals surface area contributed by atoms with Crippen molar-refractivity contribution in [1.29, 1.82) is 0 Å². The van der Waals surface area contributed by atoms with Gasteiger partial charge in [0.15, 0.2) is 5.78 Å². The third kappa shape index (κ3) is 3.20. The van der Waals surface area contributed by atoms with E-state index in [1.807, 2.05) is 24.3 Å². The standard InChI is InChI=1S/C22H19FN4O3/c1-29-16-8-4-13(5-9-16)20-19-17(24-21-22(25-20)27-30-26-21)10-14(11-18(19)28)12-2-6-15(23)7-3-12/h2-9,14,20H,10-11H2,1H3,(H,24,26)(H,25,27)/t14-,20+/m0/s1. The molecule has 0 bridgehead atoms. The summed E-state index contributed by atoms with van der Waals surface area (Å²) >= 11 is 0. The lowest BCUT2D eigenvalue weighted by Gasteiger charge is -2.29. The number of halogens is 1. The van der Waals surface area contributed by atoms with E-state index < -0.39 is 6.04 Å². The van der Waals surface area contributed by atoms with Gasteiger partial charge < -0.3 is 15.4 Å². The van der Waals surface area contributed by atoms with Crippen LogP contribution in [0.5, 0.6) is 5.75 Å². The first kappa shape index (κ1) is 18.4. The molecular weight excluding hydrogens is 387 g/mol. The molecule has 2 atom stereocenters. The molecule has 0 unspecified atom stereocenters. The summed E-state index contributed by atoms with van der Waals surface area (Å²) in [5.41, 5.74) is 3.24. The number of rotatable bonds is 3. The van der Waals surface area contributed by atoms with Gasteiger partial charge in [-0.25, -0.2) is 9.02 Å². The van der Waals surface area contributed by atoms with Crippen molar-refractivity contribution in [3.05, 3.63) is 76.7 Å². The maximum absolute atomic E-state index is 13.3. The van der Waals surface area contributed by atoms with E-state index in [9.17, 15) is 9.18 Å². The zero-order valence-electron chi connectivity index (χ0n) is 16.2. The number of fused-ring (bicyclic) bond motifs is 1. The summed E-state index contributed by atoms with van der Waals surface area (Å²) in [5.74, 6) is 1.28. The number of methoxy groups -OCH3 is 1. The fourth-order valence-electron chi connectivity index (χ4n) is 4.12. The highest BCUT2D eigenvalue weighted by Gasteiger charge is 2.37. The Kier molecular flexibility index (Phi) is 4.46. The average molecular weight is 406 g/mol. The fourth-order valence-corrected chi connectivity index (χ4v) is 4.12. The van der Waals surface area contributed by atoms with Crippen LogP contribution in [0.2, 0.25) is 0 Å². The molecule has 0 saturated heterocycles. The number of carbonyl (C=O) groups is 1. The van der Waals surface area contributed by atoms with Crippen LogP contribution in [-0.4, -0.2) is 23.2 Å². The predicted molar refractivity (Wildman–Crippen MR) is 108 cm³/mol. The number of hydrogen-bond acceptors (Lipinski definition) is 7. The molecule has 0 spiro atoms. The van der Waals surface area contributed by atoms with Crippen molar-refractivity contribution in [2.75, 3.05) is 17.7 Å². The molecule has 2 aliphatic rings. The molecule has 2 aromatic carbocycles. The molecule has 0 saturated carbocycles. The van der Waals surface area contributed by atoms with Gasteiger partial charge in [0.05, 0.1) is 13.2 Å². The van der Waals surface area contributed by atoms with Gasteiger partial charge in [-0.1, -0.05) is 24.3 Å². The van der Waals surface area contributed by atoms with Crippen LogP contribution in [0.25, 0.3) is 0 Å². The summed E-state index contributed by atoms with van der Waals surface area (Å²) in [6, 6.07) is 13.4. The molecule has 30 heavy (non-hydrogen) atoms. The largest absolute Gasteiger partial charge is 0.497 e. The summed E-state index contributed by atoms with van der Waals surface area (Å²) in [7, 11) is 1.61. The Labute approximate surface area is 171 Å². The minimum absolute atomic E-state index is 0.0217. The minimum atomic E-state index is -0.409. The first-order valence-electron chi connectivity index (χ1n) is 9.64. The second-order valence-corrected chi connectivity index (χ2v) is 7.41. The van der Waals surface area contributed by atoms with Crippen LogP contribution >= 0.6 is 0 Å². The van der Waals surface area contributed by atoms with Crippen molar-refractivity contribution in [1.82, 2.24) is 10.3 Å². The first-order valence-corrected chi connectivity index (χ1v) is 9.64. The van der Waals surface area contributed by atoms with E-state index in [1.54, 1.807) is 19.2 Å². The average Bonchev–Trinajstić information content (AvgIpc) is 3.13. The van der Waals surface area contributed by atoms with Crippen LogP contribution in [0.3, 0.4) is 0 Å². The maximum Gasteiger partial charge on any atom is 0.219 e. The van der Waals surface area contributed by atoms with Gasteiger partial charge in [-0.05, 0) is 58.0 Å². The monoisotopic (exact) mass is 406 g/mol. The second kappa shape index (κ2) is 7.29. The molecular formula is C22H19FN4O3. The van der Waals surface area contributed by atoms with Gasteiger partial charge in [-0.15, -0.1) is 0 Å². The van der Waals surface area contributed by atoms with Crippen molar-refractivity contribution in [2.45, 2.75) is 24.8 Å². The number of hydrogen-bond donors (Lipinski definition) is 2. The van der Waals surface area contributed by atoms with Crippen molar-refractivity contribution >= 4 is 17.4 Å². The Hall–Kier alpha value is -3.68. The number of aromatic nitrogens is 2. The number of anilines is 2. The SMILES string of the molecule is COc1ccc([C@H]2Nc3nonc3NC3=C2C(=O)C[C@@H](c2ccc(F)cc2)C3)cc1. The summed E-state index contributed by atoms with van der Waals surface area (Å²) in [6.07, 6.45) is 0.934. The molecule has 3 aromatic rings. The molecule has 1 aliphatic heterocycles. The highest BCUT2D eigenvalue weighted by atomic mass is 19.1. The number of ether oxygens (including phenoxy) is 1. The van der Waals surface area contributed by atoms with E-state index >= 15 is 0 Å². The molecule has 2 N–H and O–H groups in total. The number of allylic oxidation sites excluding steroid dienone is 1. The van der Waals surface area contributed by atoms with Crippen molar-refractivity contribution in [2.24, 2.45) is 0 Å². The smallest absolute Gasteiger partial charge is 0.219 e. The quantitative estimate of drug-likeness (QED) is 0.674. The Morgan fingerprint density at radius 1 is 1.00 bits per heavy atom. The van der Waals surface area contributed by atoms with Gasteiger partial charge in [-0.3, -0.25) is 4.79 Å². The Bertz CT molecular complexity index is 1120. The van der Waals surface area contributed by atoms with Crippen molar-refractivity contribution in [3.8, 4) is 5.75 Å². The summed E-state index contributed by atoms with van der Waals surface area (Å²) < 4.78 is 23.5. The van der Waals surface area contributed by atoms with Gasteiger partial charge in [-0.2, -0.15) is 0 Å². The first-order chi connectivity index (χ1) is 14.6. The summed E-state index contributed by atoms with van der Waals surface area (Å²) in [6.45, 7) is 0. The van der Waals surface area contributed by atoms with Crippen LogP contribution in [-0.2, 0) is 4.79 Å². The number of carbonyl (C=O) groups excluding carboxylic acids is 1. The molecule has 152 valence electrons. The van der Waals surface area contributed by atoms with E-state index in [0.29, 0.717) is 30.1 Å². The van der Waals surface area contributed by atoms with E-state index in [0.717, 1.165) is 22.6 Å². The van der Waals surface area contributed by atoms with Crippen LogP contribution in [0.15, 0.2) is 64.4 Å². The third-order valence-corrected chi connectivity index (χ3v) is 5.63. The molecule has 2 heterocycles. The summed E-state index contributed by atoms with van der Waals surface area (Å²) in [4.78, 5) is 13.3. The van der Waals surface area contributed by atoms with Gasteiger partial charge in [0, 0.05) is 17.7 Å². The lowest BCUT2D eigenvalue weighted by molar-refractivity contribution is -0.116. The van der Waals surface area contributed by atoms with E-state index in [4.69, 9.17) is 9.37 Å². The number of benzene rings is 2. The molecule has 7 nitrogen and oxygen atoms in total. The number of Topliss-reactive ketones (excluding diaryl/α,β-unsaturated/α-hetero) is 1. The van der Waals surface area contributed by atoms with E-state index in [-0.39, 0.29) is 17.5 Å². The third-order valence-electron chi connectivity index (χ3n) is 5.63. The van der Waals surface area contributed by atoms with Crippen LogP contribution < -0.4 is 15.4 Å². The van der Waals surface area contributed by atoms with Gasteiger partial charge >= 0.3 is 0 Å². The molecule has 1 aliphatic carbocycles. The summed E-state index contributed by atoms with van der Waals surface area (Å²) in [5, 5.41) is 14.4. The van der Waals surface area contributed by atoms with Gasteiger partial charge in [0.25, 0.3) is 0 Å². The minimum Gasteiger partial charge on any atom is -0.497 e. The van der Waals surface area contributed by atoms with Gasteiger partial charge in [0.1, 0.15) is 11.6 Å². The number of ketones is 1. The number of nitrogens with zero attached hydrogens (tertiary/aromatic N) is 2. The normalized spacial score (nSPS) is 20.5. The Morgan fingerprint density at radius 2 is 1.70 bits per heavy atom. The second-order valence-electron chi connectivity index (χ2n) is 7.41. The molecule has 1 aromatic heterocycles. The van der Waals surface area contributed by atoms with Crippen LogP contribution in [0, 0.1) is 5.82 Å². The van der Waals surface area contributed by atoms with Gasteiger partial charge in [0.2, 0.25) is 11.6 Å². The van der Waals surface area contributed by atoms with Crippen LogP contribution in [0.4, 0.5) is 16.0 Å². The topological polar surface area (TPSA) is 89.3 Å². The lowest BCUT2D eigenvalue weighted by atomic mass is 9.78.